The first-order chi connectivity index (χ1) is 14.8. The highest BCUT2D eigenvalue weighted by Gasteiger charge is 2.22. The van der Waals surface area contributed by atoms with Gasteiger partial charge in [0.25, 0.3) is 0 Å². The Bertz CT molecular complexity index is 853. The number of amides is 1. The number of carbonyl (C=O) groups is 1. The van der Waals surface area contributed by atoms with Gasteiger partial charge in [0.1, 0.15) is 11.4 Å². The molecule has 2 N–H and O–H groups in total. The molecule has 7 nitrogen and oxygen atoms in total. The van der Waals surface area contributed by atoms with E-state index >= 15 is 0 Å². The van der Waals surface area contributed by atoms with Crippen LogP contribution >= 0.6 is 0 Å². The first kappa shape index (κ1) is 24.1. The van der Waals surface area contributed by atoms with Crippen LogP contribution in [0.3, 0.4) is 0 Å². The molecule has 31 heavy (non-hydrogen) atoms. The predicted octanol–water partition coefficient (Wildman–Crippen LogP) is 3.71. The molecule has 2 rings (SSSR count). The number of guanidine groups is 1. The number of pyridine rings is 1. The van der Waals surface area contributed by atoms with Crippen LogP contribution in [-0.4, -0.2) is 47.7 Å². The second-order valence-electron chi connectivity index (χ2n) is 8.06. The number of aromatic nitrogens is 1. The van der Waals surface area contributed by atoms with Gasteiger partial charge in [-0.25, -0.2) is 9.18 Å². The van der Waals surface area contributed by atoms with Crippen LogP contribution < -0.4 is 10.6 Å². The summed E-state index contributed by atoms with van der Waals surface area (Å²) in [6.45, 7) is 7.38. The molecule has 0 aliphatic heterocycles. The Kier molecular flexibility index (Phi) is 9.24. The molecular formula is C23H32FN5O2. The van der Waals surface area contributed by atoms with Gasteiger partial charge in [-0.3, -0.25) is 9.98 Å². The lowest BCUT2D eigenvalue weighted by Gasteiger charge is -2.27. The third-order valence-corrected chi connectivity index (χ3v) is 4.27. The molecule has 1 aromatic heterocycles. The van der Waals surface area contributed by atoms with Crippen molar-refractivity contribution in [2.75, 3.05) is 20.1 Å². The summed E-state index contributed by atoms with van der Waals surface area (Å²) in [6.07, 6.45) is 3.76. The lowest BCUT2D eigenvalue weighted by Crippen LogP contribution is -2.40. The number of rotatable bonds is 8. The Labute approximate surface area is 183 Å². The van der Waals surface area contributed by atoms with E-state index in [2.05, 4.69) is 20.6 Å². The molecule has 1 heterocycles. The van der Waals surface area contributed by atoms with Gasteiger partial charge in [-0.05, 0) is 44.9 Å². The summed E-state index contributed by atoms with van der Waals surface area (Å²) in [6, 6.07) is 10.4. The predicted molar refractivity (Wildman–Crippen MR) is 120 cm³/mol. The molecule has 1 aromatic carbocycles. The van der Waals surface area contributed by atoms with E-state index in [9.17, 15) is 9.18 Å². The first-order valence-corrected chi connectivity index (χ1v) is 10.3. The highest BCUT2D eigenvalue weighted by atomic mass is 19.1. The number of hydrogen-bond donors (Lipinski definition) is 2. The fraction of sp³-hybridized carbons (Fsp3) is 0.435. The molecule has 0 unspecified atom stereocenters. The van der Waals surface area contributed by atoms with E-state index < -0.39 is 5.60 Å². The van der Waals surface area contributed by atoms with Crippen molar-refractivity contribution >= 4 is 12.1 Å². The number of hydrogen-bond acceptors (Lipinski definition) is 4. The average molecular weight is 430 g/mol. The van der Waals surface area contributed by atoms with E-state index in [4.69, 9.17) is 4.74 Å². The molecule has 1 amide bonds. The van der Waals surface area contributed by atoms with Crippen LogP contribution in [0, 0.1) is 5.82 Å². The number of benzene rings is 1. The van der Waals surface area contributed by atoms with E-state index in [0.29, 0.717) is 44.1 Å². The molecular weight excluding hydrogens is 397 g/mol. The Morgan fingerprint density at radius 1 is 1.19 bits per heavy atom. The summed E-state index contributed by atoms with van der Waals surface area (Å²) < 4.78 is 19.3. The van der Waals surface area contributed by atoms with Crippen molar-refractivity contribution in [3.8, 4) is 0 Å². The van der Waals surface area contributed by atoms with E-state index in [0.717, 1.165) is 5.56 Å². The Hall–Kier alpha value is -3.16. The molecule has 0 bridgehead atoms. The zero-order valence-electron chi connectivity index (χ0n) is 18.7. The third-order valence-electron chi connectivity index (χ3n) is 4.27. The fourth-order valence-electron chi connectivity index (χ4n) is 2.79. The van der Waals surface area contributed by atoms with Gasteiger partial charge < -0.3 is 20.3 Å². The normalized spacial score (nSPS) is 11.7. The third kappa shape index (κ3) is 9.02. The second kappa shape index (κ2) is 11.9. The standard InChI is InChI=1S/C23H32FN5O2/c1-23(2,3)31-22(30)29(17-18-9-7-12-26-15-18)14-8-13-27-21(25-4)28-16-19-10-5-6-11-20(19)24/h5-7,9-12,15H,8,13-14,16-17H2,1-4H3,(H2,25,27,28). The average Bonchev–Trinajstić information content (AvgIpc) is 2.73. The summed E-state index contributed by atoms with van der Waals surface area (Å²) in [5.41, 5.74) is 0.933. The van der Waals surface area contributed by atoms with Crippen molar-refractivity contribution in [1.82, 2.24) is 20.5 Å². The molecule has 0 fully saturated rings. The minimum atomic E-state index is -0.568. The monoisotopic (exact) mass is 429 g/mol. The Morgan fingerprint density at radius 3 is 2.61 bits per heavy atom. The van der Waals surface area contributed by atoms with Gasteiger partial charge >= 0.3 is 6.09 Å². The minimum Gasteiger partial charge on any atom is -0.444 e. The maximum Gasteiger partial charge on any atom is 0.410 e. The molecule has 2 aromatic rings. The van der Waals surface area contributed by atoms with Crippen LogP contribution in [-0.2, 0) is 17.8 Å². The van der Waals surface area contributed by atoms with Crippen LogP contribution in [0.15, 0.2) is 53.8 Å². The maximum absolute atomic E-state index is 13.8. The topological polar surface area (TPSA) is 78.9 Å². The summed E-state index contributed by atoms with van der Waals surface area (Å²) >= 11 is 0. The number of ether oxygens (including phenoxy) is 1. The smallest absolute Gasteiger partial charge is 0.410 e. The molecule has 0 saturated carbocycles. The molecule has 0 atom stereocenters. The molecule has 0 radical (unpaired) electrons. The van der Waals surface area contributed by atoms with Crippen LogP contribution in [0.25, 0.3) is 0 Å². The van der Waals surface area contributed by atoms with Crippen LogP contribution in [0.4, 0.5) is 9.18 Å². The summed E-state index contributed by atoms with van der Waals surface area (Å²) in [7, 11) is 1.66. The number of aliphatic imine (C=N–C) groups is 1. The van der Waals surface area contributed by atoms with Crippen LogP contribution in [0.5, 0.6) is 0 Å². The number of nitrogens with zero attached hydrogens (tertiary/aromatic N) is 3. The molecule has 0 aliphatic rings. The van der Waals surface area contributed by atoms with E-state index in [-0.39, 0.29) is 11.9 Å². The Morgan fingerprint density at radius 2 is 1.97 bits per heavy atom. The maximum atomic E-state index is 13.8. The van der Waals surface area contributed by atoms with Gasteiger partial charge in [0.2, 0.25) is 0 Å². The van der Waals surface area contributed by atoms with E-state index in [1.165, 1.54) is 6.07 Å². The Balaban J connectivity index is 1.85. The van der Waals surface area contributed by atoms with Gasteiger partial charge in [0.15, 0.2) is 5.96 Å². The van der Waals surface area contributed by atoms with Crippen molar-refractivity contribution in [2.45, 2.75) is 45.9 Å². The van der Waals surface area contributed by atoms with Gasteiger partial charge in [0.05, 0.1) is 6.54 Å². The fourth-order valence-corrected chi connectivity index (χ4v) is 2.79. The van der Waals surface area contributed by atoms with Gasteiger partial charge in [-0.1, -0.05) is 24.3 Å². The van der Waals surface area contributed by atoms with Crippen LogP contribution in [0.1, 0.15) is 38.3 Å². The van der Waals surface area contributed by atoms with E-state index in [1.807, 2.05) is 32.9 Å². The summed E-state index contributed by atoms with van der Waals surface area (Å²) in [5.74, 6) is 0.313. The SMILES string of the molecule is CN=C(NCCCN(Cc1cccnc1)C(=O)OC(C)(C)C)NCc1ccccc1F. The molecule has 168 valence electrons. The largest absolute Gasteiger partial charge is 0.444 e. The summed E-state index contributed by atoms with van der Waals surface area (Å²) in [4.78, 5) is 22.6. The van der Waals surface area contributed by atoms with Crippen molar-refractivity contribution < 1.29 is 13.9 Å². The highest BCUT2D eigenvalue weighted by Crippen LogP contribution is 2.13. The number of nitrogens with one attached hydrogen (secondary N) is 2. The van der Waals surface area contributed by atoms with E-state index in [1.54, 1.807) is 42.5 Å². The highest BCUT2D eigenvalue weighted by molar-refractivity contribution is 5.79. The van der Waals surface area contributed by atoms with Gasteiger partial charge in [0, 0.05) is 44.6 Å². The number of halogens is 1. The molecule has 0 spiro atoms. The van der Waals surface area contributed by atoms with Gasteiger partial charge in [-0.2, -0.15) is 0 Å². The molecule has 8 heteroatoms. The molecule has 0 aliphatic carbocycles. The molecule has 0 saturated heterocycles. The van der Waals surface area contributed by atoms with Crippen LogP contribution in [0.2, 0.25) is 0 Å². The second-order valence-corrected chi connectivity index (χ2v) is 8.06. The first-order valence-electron chi connectivity index (χ1n) is 10.3. The quantitative estimate of drug-likeness (QED) is 0.380. The number of carbonyl (C=O) groups excluding carboxylic acids is 1. The van der Waals surface area contributed by atoms with Gasteiger partial charge in [-0.15, -0.1) is 0 Å². The lowest BCUT2D eigenvalue weighted by molar-refractivity contribution is 0.0232. The van der Waals surface area contributed by atoms with Crippen molar-refractivity contribution in [2.24, 2.45) is 4.99 Å². The minimum absolute atomic E-state index is 0.256. The summed E-state index contributed by atoms with van der Waals surface area (Å²) in [5, 5.41) is 6.28. The van der Waals surface area contributed by atoms with Crippen molar-refractivity contribution in [3.05, 3.63) is 65.7 Å². The van der Waals surface area contributed by atoms with Crippen molar-refractivity contribution in [3.63, 3.8) is 0 Å². The van der Waals surface area contributed by atoms with Crippen molar-refractivity contribution in [1.29, 1.82) is 0 Å². The zero-order chi connectivity index (χ0) is 22.7. The zero-order valence-corrected chi connectivity index (χ0v) is 18.7. The lowest BCUT2D eigenvalue weighted by atomic mass is 10.2.